The summed E-state index contributed by atoms with van der Waals surface area (Å²) in [6, 6.07) is 0. The maximum atomic E-state index is 3.61. The molecule has 0 aliphatic rings. The van der Waals surface area contributed by atoms with E-state index in [0.717, 1.165) is 0 Å². The summed E-state index contributed by atoms with van der Waals surface area (Å²) < 4.78 is 2.19. The van der Waals surface area contributed by atoms with Gasteiger partial charge in [-0.15, -0.1) is 0 Å². The first-order chi connectivity index (χ1) is 3.31. The molecular formula is C4H9INS-. The van der Waals surface area contributed by atoms with Gasteiger partial charge in [0.2, 0.25) is 0 Å². The molecule has 0 spiro atoms. The number of hydrogen-bond donors (Lipinski definition) is 0. The molecule has 0 amide bonds. The minimum absolute atomic E-state index is 0.255. The van der Waals surface area contributed by atoms with Gasteiger partial charge in [-0.1, -0.05) is 0 Å². The summed E-state index contributed by atoms with van der Waals surface area (Å²) in [5.74, 6) is 3.61. The Morgan fingerprint density at radius 1 is 1.86 bits per heavy atom. The van der Waals surface area contributed by atoms with Crippen LogP contribution in [0.5, 0.6) is 0 Å². The molecule has 0 aliphatic heterocycles. The van der Waals surface area contributed by atoms with Crippen molar-refractivity contribution < 1.29 is 21.5 Å². The first kappa shape index (κ1) is 7.65. The van der Waals surface area contributed by atoms with E-state index in [-0.39, 0.29) is 21.5 Å². The van der Waals surface area contributed by atoms with E-state index in [1.165, 1.54) is 10.9 Å². The van der Waals surface area contributed by atoms with Crippen molar-refractivity contribution in [1.29, 1.82) is 0 Å². The van der Waals surface area contributed by atoms with Crippen molar-refractivity contribution in [2.45, 2.75) is 0 Å². The predicted octanol–water partition coefficient (Wildman–Crippen LogP) is -2.52. The molecule has 0 unspecified atom stereocenters. The van der Waals surface area contributed by atoms with Gasteiger partial charge in [0.25, 0.3) is 0 Å². The number of alkyl halides is 1. The third kappa shape index (κ3) is 4.50. The van der Waals surface area contributed by atoms with Gasteiger partial charge in [0.05, 0.1) is 0 Å². The van der Waals surface area contributed by atoms with Crippen molar-refractivity contribution >= 4 is 22.3 Å². The molecule has 0 aromatic rings. The molecule has 1 nitrogen and oxygen atoms in total. The molecule has 0 radical (unpaired) electrons. The number of hydrogen-bond acceptors (Lipinski definition) is 0. The van der Waals surface area contributed by atoms with E-state index in [0.29, 0.717) is 0 Å². The van der Waals surface area contributed by atoms with E-state index in [1.54, 1.807) is 0 Å². The first-order valence-electron chi connectivity index (χ1n) is 1.78. The van der Waals surface area contributed by atoms with Crippen LogP contribution in [0.4, 0.5) is 0 Å². The van der Waals surface area contributed by atoms with E-state index in [9.17, 15) is 0 Å². The van der Waals surface area contributed by atoms with Crippen LogP contribution in [0.3, 0.4) is 0 Å². The summed E-state index contributed by atoms with van der Waals surface area (Å²) in [5, 5.41) is 0. The number of rotatable bonds is 2. The Morgan fingerprint density at radius 3 is 2.57 bits per heavy atom. The van der Waals surface area contributed by atoms with Crippen molar-refractivity contribution in [2.75, 3.05) is 12.0 Å². The van der Waals surface area contributed by atoms with Gasteiger partial charge in [-0.05, 0) is 0 Å². The summed E-state index contributed by atoms with van der Waals surface area (Å²) in [6.45, 7) is 0. The molecule has 0 N–H and O–H groups in total. The fourth-order valence-corrected chi connectivity index (χ4v) is 1.59. The van der Waals surface area contributed by atoms with Crippen LogP contribution in [0.2, 0.25) is 0 Å². The third-order valence-electron chi connectivity index (χ3n) is 0.486. The normalized spacial score (nSPS) is 9.57. The van der Waals surface area contributed by atoms with Crippen LogP contribution >= 0.6 is 10.9 Å². The molecule has 0 fully saturated rings. The average Bonchev–Trinajstić information content (AvgIpc) is 1.68. The van der Waals surface area contributed by atoms with E-state index in [2.05, 4.69) is 21.0 Å². The fourth-order valence-electron chi connectivity index (χ4n) is 0.143. The van der Waals surface area contributed by atoms with Gasteiger partial charge >= 0.3 is 58.9 Å². The van der Waals surface area contributed by atoms with E-state index in [4.69, 9.17) is 0 Å². The standard InChI is InChI=1S/C4H9INS/c1-5-6(2)4-7-3/h4H,3H2,1-2H3/q-1. The van der Waals surface area contributed by atoms with Gasteiger partial charge < -0.3 is 0 Å². The molecule has 0 aliphatic carbocycles. The Hall–Kier alpha value is 0.650. The molecular weight excluding hydrogens is 221 g/mol. The van der Waals surface area contributed by atoms with Gasteiger partial charge in [0.15, 0.2) is 0 Å². The van der Waals surface area contributed by atoms with Crippen LogP contribution in [0.1, 0.15) is 0 Å². The molecule has 0 saturated heterocycles. The Balaban J connectivity index is 3.35. The van der Waals surface area contributed by atoms with Crippen LogP contribution in [0, 0.1) is 0 Å². The van der Waals surface area contributed by atoms with Crippen LogP contribution in [-0.4, -0.2) is 26.5 Å². The van der Waals surface area contributed by atoms with E-state index in [1.807, 2.05) is 5.49 Å². The van der Waals surface area contributed by atoms with Crippen LogP contribution < -0.4 is 21.5 Å². The van der Waals surface area contributed by atoms with Crippen molar-refractivity contribution in [3.63, 3.8) is 0 Å². The molecule has 44 valence electrons. The average molecular weight is 230 g/mol. The molecule has 0 rings (SSSR count). The molecule has 0 aromatic heterocycles. The van der Waals surface area contributed by atoms with Crippen molar-refractivity contribution in [3.8, 4) is 0 Å². The Labute approximate surface area is 58.9 Å². The molecule has 0 aromatic carbocycles. The fraction of sp³-hybridized carbons (Fsp3) is 0.500. The second-order valence-electron chi connectivity index (χ2n) is 0.966. The second kappa shape index (κ2) is 4.80. The summed E-state index contributed by atoms with van der Waals surface area (Å²) in [4.78, 5) is 2.21. The molecule has 0 saturated carbocycles. The number of nitrogens with zero attached hydrogens (tertiary/aromatic N) is 1. The Bertz CT molecular complexity index is 87.7. The predicted molar refractivity (Wildman–Crippen MR) is 34.5 cm³/mol. The molecule has 3 heteroatoms. The first-order valence-corrected chi connectivity index (χ1v) is 5.95. The van der Waals surface area contributed by atoms with Crippen LogP contribution in [0.15, 0.2) is 0 Å². The summed E-state index contributed by atoms with van der Waals surface area (Å²) in [5.41, 5.74) is 2.04. The van der Waals surface area contributed by atoms with Crippen molar-refractivity contribution in [2.24, 2.45) is 0 Å². The summed E-state index contributed by atoms with van der Waals surface area (Å²) >= 11 is 0.255. The van der Waals surface area contributed by atoms with Crippen molar-refractivity contribution in [3.05, 3.63) is 0 Å². The number of halogens is 1. The summed E-state index contributed by atoms with van der Waals surface area (Å²) in [7, 11) is 3.59. The zero-order valence-electron chi connectivity index (χ0n) is 4.52. The maximum absolute atomic E-state index is 3.61. The second-order valence-corrected chi connectivity index (χ2v) is 4.00. The molecule has 0 atom stereocenters. The molecule has 0 heterocycles. The van der Waals surface area contributed by atoms with Crippen LogP contribution in [0.25, 0.3) is 0 Å². The van der Waals surface area contributed by atoms with E-state index >= 15 is 0 Å². The van der Waals surface area contributed by atoms with Gasteiger partial charge in [0.1, 0.15) is 0 Å². The van der Waals surface area contributed by atoms with Crippen LogP contribution in [-0.2, 0) is 0 Å². The minimum atomic E-state index is 0.255. The zero-order valence-corrected chi connectivity index (χ0v) is 7.49. The summed E-state index contributed by atoms with van der Waals surface area (Å²) in [6.07, 6.45) is 0. The monoisotopic (exact) mass is 230 g/mol. The van der Waals surface area contributed by atoms with E-state index < -0.39 is 0 Å². The third-order valence-corrected chi connectivity index (χ3v) is 3.13. The Morgan fingerprint density at radius 2 is 2.43 bits per heavy atom. The van der Waals surface area contributed by atoms with Gasteiger partial charge in [-0.25, -0.2) is 0 Å². The molecule has 0 bridgehead atoms. The van der Waals surface area contributed by atoms with Gasteiger partial charge in [-0.2, -0.15) is 0 Å². The Kier molecular flexibility index (Phi) is 5.25. The molecule has 7 heavy (non-hydrogen) atoms. The zero-order chi connectivity index (χ0) is 5.70. The van der Waals surface area contributed by atoms with Crippen molar-refractivity contribution in [1.82, 2.24) is 3.11 Å². The topological polar surface area (TPSA) is 3.24 Å². The quantitative estimate of drug-likeness (QED) is 0.219. The van der Waals surface area contributed by atoms with Gasteiger partial charge in [-0.3, -0.25) is 0 Å². The SMILES string of the molecule is C=S=CN(C)[I-]C. The van der Waals surface area contributed by atoms with Gasteiger partial charge in [0, 0.05) is 0 Å².